The second-order valence-electron chi connectivity index (χ2n) is 2.99. The fraction of sp³-hybridized carbons (Fsp3) is 0.556. The van der Waals surface area contributed by atoms with Gasteiger partial charge >= 0.3 is 0 Å². The van der Waals surface area contributed by atoms with Crippen LogP contribution in [0.1, 0.15) is 18.0 Å². The van der Waals surface area contributed by atoms with Crippen LogP contribution < -0.4 is 5.32 Å². The summed E-state index contributed by atoms with van der Waals surface area (Å²) in [5.74, 6) is 2.55. The van der Waals surface area contributed by atoms with E-state index in [2.05, 4.69) is 33.9 Å². The van der Waals surface area contributed by atoms with Gasteiger partial charge < -0.3 is 5.32 Å². The lowest BCUT2D eigenvalue weighted by molar-refractivity contribution is 0.591. The van der Waals surface area contributed by atoms with Crippen molar-refractivity contribution in [3.8, 4) is 0 Å². The molecule has 0 bridgehead atoms. The Balaban J connectivity index is 2.02. The lowest BCUT2D eigenvalue weighted by atomic mass is 10.2. The predicted octanol–water partition coefficient (Wildman–Crippen LogP) is 2.52. The first-order chi connectivity index (χ1) is 5.97. The van der Waals surface area contributed by atoms with Crippen molar-refractivity contribution in [1.82, 2.24) is 5.32 Å². The van der Waals surface area contributed by atoms with E-state index in [-0.39, 0.29) is 0 Å². The molecular weight excluding hydrogens is 186 g/mol. The third kappa shape index (κ3) is 2.03. The first-order valence-corrected chi connectivity index (χ1v) is 6.40. The normalized spacial score (nSPS) is 25.2. The van der Waals surface area contributed by atoms with Gasteiger partial charge in [0.05, 0.1) is 0 Å². The summed E-state index contributed by atoms with van der Waals surface area (Å²) in [7, 11) is 0. The summed E-state index contributed by atoms with van der Waals surface area (Å²) >= 11 is 3.85. The smallest absolute Gasteiger partial charge is 0.0420 e. The molecule has 0 aromatic carbocycles. The summed E-state index contributed by atoms with van der Waals surface area (Å²) in [5.41, 5.74) is 1.47. The molecule has 1 nitrogen and oxygen atoms in total. The van der Waals surface area contributed by atoms with Crippen LogP contribution in [0.3, 0.4) is 0 Å². The third-order valence-electron chi connectivity index (χ3n) is 2.09. The number of thiophene rings is 1. The minimum Gasteiger partial charge on any atom is -0.309 e. The van der Waals surface area contributed by atoms with Crippen LogP contribution in [0.2, 0.25) is 0 Å². The van der Waals surface area contributed by atoms with E-state index in [1.165, 1.54) is 30.0 Å². The van der Waals surface area contributed by atoms with Crippen LogP contribution in [0.4, 0.5) is 0 Å². The van der Waals surface area contributed by atoms with Crippen molar-refractivity contribution in [1.29, 1.82) is 0 Å². The van der Waals surface area contributed by atoms with E-state index in [9.17, 15) is 0 Å². The quantitative estimate of drug-likeness (QED) is 0.746. The highest BCUT2D eigenvalue weighted by Gasteiger charge is 2.13. The second-order valence-corrected chi connectivity index (χ2v) is 4.92. The molecule has 12 heavy (non-hydrogen) atoms. The number of hydrogen-bond acceptors (Lipinski definition) is 3. The van der Waals surface area contributed by atoms with Gasteiger partial charge in [0.2, 0.25) is 0 Å². The molecule has 0 spiro atoms. The molecule has 0 amide bonds. The van der Waals surface area contributed by atoms with Crippen molar-refractivity contribution >= 4 is 23.1 Å². The van der Waals surface area contributed by atoms with Crippen LogP contribution in [-0.2, 0) is 0 Å². The van der Waals surface area contributed by atoms with E-state index in [0.717, 1.165) is 0 Å². The van der Waals surface area contributed by atoms with Gasteiger partial charge in [-0.05, 0) is 41.1 Å². The van der Waals surface area contributed by atoms with Crippen LogP contribution >= 0.6 is 23.1 Å². The molecule has 1 unspecified atom stereocenters. The van der Waals surface area contributed by atoms with Crippen molar-refractivity contribution in [3.63, 3.8) is 0 Å². The van der Waals surface area contributed by atoms with Gasteiger partial charge in [-0.25, -0.2) is 0 Å². The Morgan fingerprint density at radius 3 is 3.33 bits per heavy atom. The first-order valence-electron chi connectivity index (χ1n) is 4.30. The molecule has 1 N–H and O–H groups in total. The first kappa shape index (κ1) is 8.60. The van der Waals surface area contributed by atoms with E-state index in [4.69, 9.17) is 0 Å². The van der Waals surface area contributed by atoms with E-state index in [1.54, 1.807) is 11.3 Å². The van der Waals surface area contributed by atoms with E-state index < -0.39 is 0 Å². The Morgan fingerprint density at radius 1 is 1.50 bits per heavy atom. The zero-order valence-corrected chi connectivity index (χ0v) is 8.59. The lowest BCUT2D eigenvalue weighted by Gasteiger charge is -2.12. The molecule has 1 fully saturated rings. The Hall–Kier alpha value is 0.01000. The Kier molecular flexibility index (Phi) is 3.08. The minimum absolute atomic E-state index is 0.601. The maximum Gasteiger partial charge on any atom is 0.0420 e. The van der Waals surface area contributed by atoms with E-state index >= 15 is 0 Å². The number of thioether (sulfide) groups is 1. The van der Waals surface area contributed by atoms with Crippen molar-refractivity contribution in [2.75, 3.05) is 18.1 Å². The monoisotopic (exact) mass is 199 g/mol. The van der Waals surface area contributed by atoms with Gasteiger partial charge in [-0.15, -0.1) is 0 Å². The molecule has 1 aromatic heterocycles. The predicted molar refractivity (Wildman–Crippen MR) is 57.0 cm³/mol. The number of nitrogens with one attached hydrogen (secondary N) is 1. The summed E-state index contributed by atoms with van der Waals surface area (Å²) in [5, 5.41) is 7.98. The molecule has 2 rings (SSSR count). The summed E-state index contributed by atoms with van der Waals surface area (Å²) in [4.78, 5) is 0. The van der Waals surface area contributed by atoms with Gasteiger partial charge in [0.15, 0.2) is 0 Å². The molecule has 2 heterocycles. The maximum absolute atomic E-state index is 3.57. The van der Waals surface area contributed by atoms with Gasteiger partial charge in [0, 0.05) is 11.8 Å². The Labute approximate surface area is 81.6 Å². The Bertz CT molecular complexity index is 212. The average Bonchev–Trinajstić information content (AvgIpc) is 2.48. The molecule has 3 heteroatoms. The molecule has 0 aliphatic carbocycles. The highest BCUT2D eigenvalue weighted by Crippen LogP contribution is 2.23. The van der Waals surface area contributed by atoms with E-state index in [0.29, 0.717) is 6.04 Å². The largest absolute Gasteiger partial charge is 0.309 e. The zero-order valence-electron chi connectivity index (χ0n) is 6.95. The van der Waals surface area contributed by atoms with Gasteiger partial charge in [-0.3, -0.25) is 0 Å². The fourth-order valence-electron chi connectivity index (χ4n) is 1.40. The molecule has 0 radical (unpaired) electrons. The molecule has 1 atom stereocenters. The third-order valence-corrected chi connectivity index (χ3v) is 3.93. The topological polar surface area (TPSA) is 12.0 Å². The lowest BCUT2D eigenvalue weighted by Crippen LogP contribution is -2.21. The van der Waals surface area contributed by atoms with Crippen molar-refractivity contribution in [2.45, 2.75) is 12.5 Å². The van der Waals surface area contributed by atoms with Gasteiger partial charge in [-0.2, -0.15) is 23.1 Å². The summed E-state index contributed by atoms with van der Waals surface area (Å²) < 4.78 is 0. The van der Waals surface area contributed by atoms with Crippen LogP contribution in [-0.4, -0.2) is 18.1 Å². The standard InChI is InChI=1S/C9H13NS2/c1-3-10-9(7-11-4-1)8-2-5-12-6-8/h2,5-6,9-10H,1,3-4,7H2. The average molecular weight is 199 g/mol. The van der Waals surface area contributed by atoms with Crippen LogP contribution in [0.5, 0.6) is 0 Å². The molecule has 66 valence electrons. The molecule has 1 aromatic rings. The van der Waals surface area contributed by atoms with Gasteiger partial charge in [0.25, 0.3) is 0 Å². The highest BCUT2D eigenvalue weighted by atomic mass is 32.2. The second kappa shape index (κ2) is 4.30. The maximum atomic E-state index is 3.57. The summed E-state index contributed by atoms with van der Waals surface area (Å²) in [6.45, 7) is 1.17. The molecular formula is C9H13NS2. The Morgan fingerprint density at radius 2 is 2.50 bits per heavy atom. The molecule has 1 aliphatic heterocycles. The highest BCUT2D eigenvalue weighted by molar-refractivity contribution is 7.99. The number of rotatable bonds is 1. The molecule has 0 saturated carbocycles. The zero-order chi connectivity index (χ0) is 8.23. The van der Waals surface area contributed by atoms with Crippen LogP contribution in [0.15, 0.2) is 16.8 Å². The van der Waals surface area contributed by atoms with Crippen LogP contribution in [0, 0.1) is 0 Å². The minimum atomic E-state index is 0.601. The van der Waals surface area contributed by atoms with Crippen molar-refractivity contribution in [3.05, 3.63) is 22.4 Å². The fourth-order valence-corrected chi connectivity index (χ4v) is 3.17. The van der Waals surface area contributed by atoms with Crippen molar-refractivity contribution in [2.24, 2.45) is 0 Å². The molecule has 1 aliphatic rings. The van der Waals surface area contributed by atoms with Gasteiger partial charge in [-0.1, -0.05) is 0 Å². The van der Waals surface area contributed by atoms with Crippen molar-refractivity contribution < 1.29 is 0 Å². The van der Waals surface area contributed by atoms with Crippen LogP contribution in [0.25, 0.3) is 0 Å². The summed E-state index contributed by atoms with van der Waals surface area (Å²) in [6.07, 6.45) is 1.31. The summed E-state index contributed by atoms with van der Waals surface area (Å²) in [6, 6.07) is 2.83. The van der Waals surface area contributed by atoms with E-state index in [1.807, 2.05) is 0 Å². The SMILES string of the molecule is c1cc(C2CSCCCN2)cs1. The van der Waals surface area contributed by atoms with Gasteiger partial charge in [0.1, 0.15) is 0 Å². The number of hydrogen-bond donors (Lipinski definition) is 1. The molecule has 1 saturated heterocycles.